The zero-order chi connectivity index (χ0) is 25.1. The van der Waals surface area contributed by atoms with Crippen LogP contribution >= 0.6 is 0 Å². The summed E-state index contributed by atoms with van der Waals surface area (Å²) in [6.07, 6.45) is 2.34. The second kappa shape index (κ2) is 10.2. The van der Waals surface area contributed by atoms with Crippen molar-refractivity contribution in [2.75, 3.05) is 0 Å². The minimum atomic E-state index is -0.289. The van der Waals surface area contributed by atoms with Crippen LogP contribution in [0.25, 0.3) is 10.9 Å². The number of hydrogen-bond acceptors (Lipinski definition) is 6. The van der Waals surface area contributed by atoms with Gasteiger partial charge in [-0.05, 0) is 76.7 Å². The SMILES string of the molecule is CC[C@H](c1nnnn1Cc1ccc(F)cc1)N(Cc1ccco1)Cc1cc2ccc(C)cc2[nH]c1=O. The number of tetrazole rings is 1. The van der Waals surface area contributed by atoms with Gasteiger partial charge in [0.2, 0.25) is 0 Å². The van der Waals surface area contributed by atoms with E-state index in [4.69, 9.17) is 4.42 Å². The molecule has 3 heterocycles. The van der Waals surface area contributed by atoms with Crippen LogP contribution in [0.3, 0.4) is 0 Å². The molecular weight excluding hydrogens is 459 g/mol. The van der Waals surface area contributed by atoms with Crippen molar-refractivity contribution in [2.45, 2.75) is 45.9 Å². The first-order chi connectivity index (χ1) is 17.5. The lowest BCUT2D eigenvalue weighted by molar-refractivity contribution is 0.149. The number of benzene rings is 2. The number of nitrogens with one attached hydrogen (secondary N) is 1. The van der Waals surface area contributed by atoms with Gasteiger partial charge in [-0.3, -0.25) is 9.69 Å². The number of rotatable bonds is 9. The number of aryl methyl sites for hydroxylation is 1. The van der Waals surface area contributed by atoms with Gasteiger partial charge >= 0.3 is 0 Å². The fraction of sp³-hybridized carbons (Fsp3) is 0.259. The molecular formula is C27H27FN6O2. The molecule has 9 heteroatoms. The van der Waals surface area contributed by atoms with E-state index in [1.807, 2.05) is 43.3 Å². The summed E-state index contributed by atoms with van der Waals surface area (Å²) >= 11 is 0. The van der Waals surface area contributed by atoms with Crippen LogP contribution in [0.2, 0.25) is 0 Å². The van der Waals surface area contributed by atoms with E-state index in [0.29, 0.717) is 37.4 Å². The number of aromatic nitrogens is 5. The van der Waals surface area contributed by atoms with E-state index in [1.165, 1.54) is 12.1 Å². The molecule has 3 aromatic heterocycles. The Morgan fingerprint density at radius 1 is 1.11 bits per heavy atom. The summed E-state index contributed by atoms with van der Waals surface area (Å²) in [6, 6.07) is 17.8. The number of H-pyrrole nitrogens is 1. The van der Waals surface area contributed by atoms with Gasteiger partial charge in [-0.2, -0.15) is 0 Å². The molecule has 0 spiro atoms. The highest BCUT2D eigenvalue weighted by Crippen LogP contribution is 2.27. The predicted octanol–water partition coefficient (Wildman–Crippen LogP) is 4.76. The lowest BCUT2D eigenvalue weighted by Crippen LogP contribution is -2.32. The zero-order valence-electron chi connectivity index (χ0n) is 20.2. The molecule has 0 saturated carbocycles. The van der Waals surface area contributed by atoms with Crippen LogP contribution in [-0.2, 0) is 19.6 Å². The first kappa shape index (κ1) is 23.6. The van der Waals surface area contributed by atoms with Crippen LogP contribution in [0.15, 0.2) is 76.1 Å². The third kappa shape index (κ3) is 5.11. The number of halogens is 1. The van der Waals surface area contributed by atoms with Gasteiger partial charge < -0.3 is 9.40 Å². The maximum absolute atomic E-state index is 13.4. The first-order valence-electron chi connectivity index (χ1n) is 11.9. The van der Waals surface area contributed by atoms with E-state index in [1.54, 1.807) is 23.1 Å². The summed E-state index contributed by atoms with van der Waals surface area (Å²) in [4.78, 5) is 18.2. The van der Waals surface area contributed by atoms with Gasteiger partial charge in [-0.25, -0.2) is 9.07 Å². The van der Waals surface area contributed by atoms with Gasteiger partial charge in [-0.1, -0.05) is 31.2 Å². The Hall–Kier alpha value is -4.11. The van der Waals surface area contributed by atoms with Crippen LogP contribution in [0.1, 0.15) is 47.7 Å². The molecule has 0 unspecified atom stereocenters. The smallest absolute Gasteiger partial charge is 0.252 e. The highest BCUT2D eigenvalue weighted by atomic mass is 19.1. The van der Waals surface area contributed by atoms with Gasteiger partial charge in [0.05, 0.1) is 25.4 Å². The quantitative estimate of drug-likeness (QED) is 0.323. The third-order valence-corrected chi connectivity index (χ3v) is 6.32. The van der Waals surface area contributed by atoms with Gasteiger partial charge in [0, 0.05) is 17.6 Å². The van der Waals surface area contributed by atoms with Crippen LogP contribution in [0, 0.1) is 12.7 Å². The van der Waals surface area contributed by atoms with Gasteiger partial charge in [0.25, 0.3) is 5.56 Å². The van der Waals surface area contributed by atoms with Crippen molar-refractivity contribution in [3.8, 4) is 0 Å². The normalized spacial score (nSPS) is 12.4. The number of nitrogens with zero attached hydrogens (tertiary/aromatic N) is 5. The minimum absolute atomic E-state index is 0.127. The Bertz CT molecular complexity index is 1510. The Morgan fingerprint density at radius 2 is 1.94 bits per heavy atom. The summed E-state index contributed by atoms with van der Waals surface area (Å²) in [5, 5.41) is 13.4. The highest BCUT2D eigenvalue weighted by Gasteiger charge is 2.27. The van der Waals surface area contributed by atoms with Crippen molar-refractivity contribution in [3.05, 3.63) is 111 Å². The molecule has 0 aliphatic rings. The molecule has 0 bridgehead atoms. The maximum atomic E-state index is 13.4. The molecule has 0 amide bonds. The number of fused-ring (bicyclic) bond motifs is 1. The van der Waals surface area contributed by atoms with E-state index in [0.717, 1.165) is 27.8 Å². The second-order valence-corrected chi connectivity index (χ2v) is 8.94. The van der Waals surface area contributed by atoms with E-state index >= 15 is 0 Å². The molecule has 1 atom stereocenters. The molecule has 1 N–H and O–H groups in total. The summed E-state index contributed by atoms with van der Waals surface area (Å²) in [5.41, 5.74) is 3.31. The molecule has 5 rings (SSSR count). The average Bonchev–Trinajstić information content (AvgIpc) is 3.54. The summed E-state index contributed by atoms with van der Waals surface area (Å²) < 4.78 is 20.7. The maximum Gasteiger partial charge on any atom is 0.252 e. The van der Waals surface area contributed by atoms with E-state index < -0.39 is 0 Å². The van der Waals surface area contributed by atoms with E-state index in [-0.39, 0.29) is 17.4 Å². The number of hydrogen-bond donors (Lipinski definition) is 1. The Labute approximate surface area is 207 Å². The predicted molar refractivity (Wildman–Crippen MR) is 134 cm³/mol. The van der Waals surface area contributed by atoms with Crippen molar-refractivity contribution in [3.63, 3.8) is 0 Å². The van der Waals surface area contributed by atoms with Gasteiger partial charge in [-0.15, -0.1) is 5.10 Å². The number of aromatic amines is 1. The second-order valence-electron chi connectivity index (χ2n) is 8.94. The molecule has 0 aliphatic carbocycles. The van der Waals surface area contributed by atoms with E-state index in [2.05, 4.69) is 32.3 Å². The zero-order valence-corrected chi connectivity index (χ0v) is 20.2. The van der Waals surface area contributed by atoms with Crippen LogP contribution in [0.4, 0.5) is 4.39 Å². The summed E-state index contributed by atoms with van der Waals surface area (Å²) in [7, 11) is 0. The Morgan fingerprint density at radius 3 is 2.69 bits per heavy atom. The lowest BCUT2D eigenvalue weighted by Gasteiger charge is -2.29. The topological polar surface area (TPSA) is 92.8 Å². The fourth-order valence-corrected chi connectivity index (χ4v) is 4.50. The molecule has 8 nitrogen and oxygen atoms in total. The first-order valence-corrected chi connectivity index (χ1v) is 11.9. The largest absolute Gasteiger partial charge is 0.468 e. The third-order valence-electron chi connectivity index (χ3n) is 6.32. The molecule has 0 fully saturated rings. The molecule has 5 aromatic rings. The Balaban J connectivity index is 1.49. The Kier molecular flexibility index (Phi) is 6.73. The standard InChI is InChI=1S/C27H27FN6O2/c1-3-25(26-30-31-32-34(26)15-19-7-10-22(28)11-8-19)33(17-23-5-4-12-36-23)16-21-14-20-9-6-18(2)13-24(20)29-27(21)35/h4-14,25H,3,15-17H2,1-2H3,(H,29,35)/t25-/m1/s1. The number of pyridine rings is 1. The van der Waals surface area contributed by atoms with Crippen molar-refractivity contribution in [1.82, 2.24) is 30.1 Å². The molecule has 0 aliphatic heterocycles. The summed E-state index contributed by atoms with van der Waals surface area (Å²) in [6.45, 7) is 5.31. The minimum Gasteiger partial charge on any atom is -0.468 e. The van der Waals surface area contributed by atoms with Crippen LogP contribution < -0.4 is 5.56 Å². The number of furan rings is 1. The molecule has 0 radical (unpaired) electrons. The highest BCUT2D eigenvalue weighted by molar-refractivity contribution is 5.79. The van der Waals surface area contributed by atoms with Crippen LogP contribution in [0.5, 0.6) is 0 Å². The molecule has 0 saturated heterocycles. The van der Waals surface area contributed by atoms with Gasteiger partial charge in [0.1, 0.15) is 11.6 Å². The monoisotopic (exact) mass is 486 g/mol. The van der Waals surface area contributed by atoms with Crippen molar-refractivity contribution < 1.29 is 8.81 Å². The van der Waals surface area contributed by atoms with E-state index in [9.17, 15) is 9.18 Å². The molecule has 36 heavy (non-hydrogen) atoms. The molecule has 184 valence electrons. The van der Waals surface area contributed by atoms with Crippen molar-refractivity contribution >= 4 is 10.9 Å². The summed E-state index contributed by atoms with van der Waals surface area (Å²) in [5.74, 6) is 1.16. The molecule has 2 aromatic carbocycles. The van der Waals surface area contributed by atoms with Crippen molar-refractivity contribution in [2.24, 2.45) is 0 Å². The fourth-order valence-electron chi connectivity index (χ4n) is 4.50. The average molecular weight is 487 g/mol. The van der Waals surface area contributed by atoms with Gasteiger partial charge in [0.15, 0.2) is 5.82 Å². The van der Waals surface area contributed by atoms with Crippen molar-refractivity contribution in [1.29, 1.82) is 0 Å². The van der Waals surface area contributed by atoms with Crippen LogP contribution in [-0.4, -0.2) is 30.1 Å². The lowest BCUT2D eigenvalue weighted by atomic mass is 10.1.